The third kappa shape index (κ3) is 3.01. The van der Waals surface area contributed by atoms with Gasteiger partial charge in [0.2, 0.25) is 0 Å². The lowest BCUT2D eigenvalue weighted by Gasteiger charge is -2.11. The second-order valence-electron chi connectivity index (χ2n) is 3.88. The van der Waals surface area contributed by atoms with Crippen LogP contribution >= 0.6 is 23.8 Å². The Bertz CT molecular complexity index is 712. The Hall–Kier alpha value is -2.45. The van der Waals surface area contributed by atoms with Gasteiger partial charge in [-0.25, -0.2) is 0 Å². The average Bonchev–Trinajstić information content (AvgIpc) is 2.83. The first-order valence-corrected chi connectivity index (χ1v) is 6.35. The van der Waals surface area contributed by atoms with Crippen molar-refractivity contribution in [2.75, 3.05) is 5.32 Å². The first-order valence-electron chi connectivity index (χ1n) is 5.57. The molecule has 0 aliphatic carbocycles. The van der Waals surface area contributed by atoms with Crippen LogP contribution in [0.15, 0.2) is 30.5 Å². The Balaban J connectivity index is 2.41. The van der Waals surface area contributed by atoms with E-state index in [2.05, 4.69) is 10.4 Å². The maximum absolute atomic E-state index is 12.1. The normalized spacial score (nSPS) is 10.1. The van der Waals surface area contributed by atoms with E-state index in [4.69, 9.17) is 29.6 Å². The van der Waals surface area contributed by atoms with Gasteiger partial charge in [-0.2, -0.15) is 9.78 Å². The number of aromatic carboxylic acids is 1. The maximum atomic E-state index is 12.1. The number of nitrogens with one attached hydrogen (secondary N) is 1. The summed E-state index contributed by atoms with van der Waals surface area (Å²) < 4.78 is 0.912. The molecule has 2 rings (SSSR count). The molecule has 3 N–H and O–H groups in total. The molecule has 0 bridgehead atoms. The predicted octanol–water partition coefficient (Wildman–Crippen LogP) is 0.244. The van der Waals surface area contributed by atoms with E-state index in [1.807, 2.05) is 0 Å². The molecule has 0 radical (unpaired) electrons. The van der Waals surface area contributed by atoms with E-state index in [0.717, 1.165) is 10.9 Å². The number of rotatable bonds is 3. The summed E-state index contributed by atoms with van der Waals surface area (Å²) in [5, 5.41) is 17.1. The fourth-order valence-corrected chi connectivity index (χ4v) is 1.97. The highest BCUT2D eigenvalue weighted by Gasteiger charge is 2.18. The molecule has 1 heterocycles. The van der Waals surface area contributed by atoms with Crippen LogP contribution in [0.3, 0.4) is 0 Å². The molecule has 21 heavy (non-hydrogen) atoms. The summed E-state index contributed by atoms with van der Waals surface area (Å²) >= 11 is 10.6. The topological polar surface area (TPSA) is 113 Å². The van der Waals surface area contributed by atoms with Gasteiger partial charge in [0.1, 0.15) is 5.82 Å². The number of carbonyl (C=O) groups excluding carboxylic acids is 2. The van der Waals surface area contributed by atoms with Crippen LogP contribution in [0.2, 0.25) is 5.02 Å². The number of carbonyl (C=O) groups is 2. The zero-order valence-corrected chi connectivity index (χ0v) is 11.9. The van der Waals surface area contributed by atoms with E-state index in [0.29, 0.717) is 0 Å². The number of nitrogens with two attached hydrogens (primary N) is 1. The van der Waals surface area contributed by atoms with Gasteiger partial charge in [-0.3, -0.25) is 4.79 Å². The Morgan fingerprint density at radius 1 is 1.33 bits per heavy atom. The molecule has 0 unspecified atom stereocenters. The highest BCUT2D eigenvalue weighted by atomic mass is 35.5. The molecular weight excluding hydrogens is 316 g/mol. The van der Waals surface area contributed by atoms with Crippen molar-refractivity contribution in [2.45, 2.75) is 0 Å². The Morgan fingerprint density at radius 3 is 2.57 bits per heavy atom. The number of amides is 1. The number of aromatic nitrogens is 2. The number of hydrogen-bond donors (Lipinski definition) is 2. The minimum Gasteiger partial charge on any atom is -0.545 e. The Labute approximate surface area is 129 Å². The van der Waals surface area contributed by atoms with Gasteiger partial charge in [0.05, 0.1) is 28.3 Å². The zero-order valence-electron chi connectivity index (χ0n) is 10.4. The van der Waals surface area contributed by atoms with Crippen LogP contribution in [0.5, 0.6) is 0 Å². The van der Waals surface area contributed by atoms with E-state index in [9.17, 15) is 14.7 Å². The van der Waals surface area contributed by atoms with Gasteiger partial charge >= 0.3 is 0 Å². The lowest BCUT2D eigenvalue weighted by atomic mass is 10.2. The monoisotopic (exact) mass is 323 g/mol. The third-order valence-corrected chi connectivity index (χ3v) is 3.05. The van der Waals surface area contributed by atoms with Gasteiger partial charge in [0, 0.05) is 0 Å². The fourth-order valence-electron chi connectivity index (χ4n) is 1.61. The number of anilines is 1. The number of benzene rings is 1. The first-order chi connectivity index (χ1) is 9.91. The van der Waals surface area contributed by atoms with Crippen LogP contribution in [0.4, 0.5) is 5.82 Å². The van der Waals surface area contributed by atoms with E-state index in [1.165, 1.54) is 12.1 Å². The largest absolute Gasteiger partial charge is 0.545 e. The van der Waals surface area contributed by atoms with Crippen molar-refractivity contribution >= 4 is 46.6 Å². The van der Waals surface area contributed by atoms with Gasteiger partial charge in [0.15, 0.2) is 5.11 Å². The quantitative estimate of drug-likeness (QED) is 0.782. The molecule has 0 fully saturated rings. The Morgan fingerprint density at radius 2 is 2.00 bits per heavy atom. The van der Waals surface area contributed by atoms with Crippen molar-refractivity contribution < 1.29 is 14.7 Å². The lowest BCUT2D eigenvalue weighted by molar-refractivity contribution is -0.254. The summed E-state index contributed by atoms with van der Waals surface area (Å²) in [7, 11) is 0. The summed E-state index contributed by atoms with van der Waals surface area (Å²) in [5.74, 6) is -2.33. The van der Waals surface area contributed by atoms with E-state index in [-0.39, 0.29) is 27.1 Å². The highest BCUT2D eigenvalue weighted by molar-refractivity contribution is 7.80. The summed E-state index contributed by atoms with van der Waals surface area (Å²) in [5.41, 5.74) is 5.24. The molecular formula is C12H8ClN4O3S-. The van der Waals surface area contributed by atoms with E-state index < -0.39 is 11.9 Å². The first kappa shape index (κ1) is 14.9. The van der Waals surface area contributed by atoms with Crippen molar-refractivity contribution in [1.29, 1.82) is 0 Å². The molecule has 0 aliphatic heterocycles. The molecule has 1 aromatic carbocycles. The summed E-state index contributed by atoms with van der Waals surface area (Å²) in [4.78, 5) is 23.2. The summed E-state index contributed by atoms with van der Waals surface area (Å²) in [6, 6.07) is 6.29. The number of carboxylic acids is 1. The molecule has 7 nitrogen and oxygen atoms in total. The Kier molecular flexibility index (Phi) is 4.20. The van der Waals surface area contributed by atoms with Gasteiger partial charge < -0.3 is 21.0 Å². The zero-order chi connectivity index (χ0) is 15.6. The molecule has 1 amide bonds. The van der Waals surface area contributed by atoms with Crippen LogP contribution in [-0.4, -0.2) is 26.8 Å². The van der Waals surface area contributed by atoms with Gasteiger partial charge in [-0.05, 0) is 24.4 Å². The van der Waals surface area contributed by atoms with Gasteiger partial charge in [-0.1, -0.05) is 23.7 Å². The van der Waals surface area contributed by atoms with Crippen LogP contribution in [0, 0.1) is 0 Å². The molecule has 0 spiro atoms. The van der Waals surface area contributed by atoms with Crippen molar-refractivity contribution in [3.63, 3.8) is 0 Å². The van der Waals surface area contributed by atoms with Crippen LogP contribution in [0.1, 0.15) is 20.7 Å². The smallest absolute Gasteiger partial charge is 0.258 e. The van der Waals surface area contributed by atoms with E-state index in [1.54, 1.807) is 12.1 Å². The van der Waals surface area contributed by atoms with Crippen molar-refractivity contribution in [2.24, 2.45) is 5.73 Å². The summed E-state index contributed by atoms with van der Waals surface area (Å²) in [6.45, 7) is 0. The molecule has 0 saturated carbocycles. The minimum atomic E-state index is -1.52. The number of halogens is 1. The third-order valence-electron chi connectivity index (χ3n) is 2.55. The molecule has 108 valence electrons. The van der Waals surface area contributed by atoms with Crippen molar-refractivity contribution in [3.8, 4) is 0 Å². The number of thiocarbonyl (C=S) groups is 1. The number of nitrogens with zero attached hydrogens (tertiary/aromatic N) is 2. The second kappa shape index (κ2) is 5.90. The number of hydrogen-bond acceptors (Lipinski definition) is 5. The standard InChI is InChI=1S/C12H9ClN4O3S/c13-8-4-2-1-3-6(8)10(18)16-9-7(11(19)20)5-15-17(9)12(14)21/h1-5H,(H2,14,21)(H,16,18)(H,19,20)/p-1. The predicted molar refractivity (Wildman–Crippen MR) is 78.1 cm³/mol. The SMILES string of the molecule is NC(=S)n1ncc(C(=O)[O-])c1NC(=O)c1ccccc1Cl. The average molecular weight is 324 g/mol. The minimum absolute atomic E-state index is 0.166. The van der Waals surface area contributed by atoms with Crippen molar-refractivity contribution in [3.05, 3.63) is 46.6 Å². The second-order valence-corrected chi connectivity index (χ2v) is 4.70. The molecule has 0 aliphatic rings. The highest BCUT2D eigenvalue weighted by Crippen LogP contribution is 2.19. The maximum Gasteiger partial charge on any atom is 0.258 e. The molecule has 9 heteroatoms. The van der Waals surface area contributed by atoms with Crippen LogP contribution in [-0.2, 0) is 0 Å². The molecule has 0 saturated heterocycles. The molecule has 2 aromatic rings. The van der Waals surface area contributed by atoms with Crippen LogP contribution in [0.25, 0.3) is 0 Å². The van der Waals surface area contributed by atoms with E-state index >= 15 is 0 Å². The summed E-state index contributed by atoms with van der Waals surface area (Å²) in [6.07, 6.45) is 0.983. The van der Waals surface area contributed by atoms with Gasteiger partial charge in [-0.15, -0.1) is 0 Å². The fraction of sp³-hybridized carbons (Fsp3) is 0. The van der Waals surface area contributed by atoms with Gasteiger partial charge in [0.25, 0.3) is 5.91 Å². The van der Waals surface area contributed by atoms with Crippen molar-refractivity contribution in [1.82, 2.24) is 9.78 Å². The lowest BCUT2D eigenvalue weighted by Crippen LogP contribution is -2.28. The molecule has 0 atom stereocenters. The molecule has 1 aromatic heterocycles. The number of carboxylic acid groups (broad SMARTS) is 1. The van der Waals surface area contributed by atoms with Crippen LogP contribution < -0.4 is 16.2 Å².